The molecule has 0 amide bonds. The molecule has 0 aliphatic heterocycles. The molecule has 0 atom stereocenters. The van der Waals surface area contributed by atoms with E-state index in [1.165, 1.54) is 64.3 Å². The van der Waals surface area contributed by atoms with Crippen LogP contribution in [-0.2, 0) is 4.74 Å². The molecule has 0 spiro atoms. The van der Waals surface area contributed by atoms with Gasteiger partial charge in [0, 0.05) is 6.54 Å². The van der Waals surface area contributed by atoms with E-state index in [0.717, 1.165) is 25.0 Å². The van der Waals surface area contributed by atoms with E-state index in [-0.39, 0.29) is 0 Å². The Kier molecular flexibility index (Phi) is 7.01. The summed E-state index contributed by atoms with van der Waals surface area (Å²) in [6, 6.07) is 0. The summed E-state index contributed by atoms with van der Waals surface area (Å²) in [4.78, 5) is 0. The van der Waals surface area contributed by atoms with Crippen molar-refractivity contribution in [2.45, 2.75) is 84.7 Å². The largest absolute Gasteiger partial charge is 0.377 e. The lowest BCUT2D eigenvalue weighted by atomic mass is 9.70. The van der Waals surface area contributed by atoms with Crippen molar-refractivity contribution in [1.82, 2.24) is 5.32 Å². The average Bonchev–Trinajstić information content (AvgIpc) is 2.47. The Hall–Kier alpha value is -0.0800. The first-order valence-corrected chi connectivity index (χ1v) is 9.38. The molecular weight excluding hydrogens is 258 g/mol. The molecule has 21 heavy (non-hydrogen) atoms. The minimum Gasteiger partial charge on any atom is -0.377 e. The Labute approximate surface area is 132 Å². The molecule has 2 aliphatic rings. The van der Waals surface area contributed by atoms with Gasteiger partial charge in [-0.2, -0.15) is 0 Å². The van der Waals surface area contributed by atoms with Gasteiger partial charge in [0.15, 0.2) is 0 Å². The highest BCUT2D eigenvalue weighted by atomic mass is 16.5. The molecule has 124 valence electrons. The predicted octanol–water partition coefficient (Wildman–Crippen LogP) is 4.78. The van der Waals surface area contributed by atoms with Crippen LogP contribution in [0.25, 0.3) is 0 Å². The second-order valence-electron chi connectivity index (χ2n) is 8.42. The summed E-state index contributed by atoms with van der Waals surface area (Å²) in [6.45, 7) is 10.3. The van der Waals surface area contributed by atoms with Gasteiger partial charge >= 0.3 is 0 Å². The molecule has 0 aromatic carbocycles. The van der Waals surface area contributed by atoms with Crippen molar-refractivity contribution in [1.29, 1.82) is 0 Å². The van der Waals surface area contributed by atoms with Crippen molar-refractivity contribution < 1.29 is 4.74 Å². The maximum absolute atomic E-state index is 5.97. The van der Waals surface area contributed by atoms with Crippen LogP contribution in [0, 0.1) is 17.3 Å². The quantitative estimate of drug-likeness (QED) is 0.712. The van der Waals surface area contributed by atoms with E-state index in [0.29, 0.717) is 11.5 Å². The Morgan fingerprint density at radius 1 is 0.905 bits per heavy atom. The molecule has 0 unspecified atom stereocenters. The average molecular weight is 296 g/mol. The number of ether oxygens (including phenoxy) is 1. The van der Waals surface area contributed by atoms with E-state index >= 15 is 0 Å². The van der Waals surface area contributed by atoms with Gasteiger partial charge in [0.25, 0.3) is 0 Å². The molecule has 2 heteroatoms. The number of hydrogen-bond acceptors (Lipinski definition) is 2. The first-order chi connectivity index (χ1) is 10.1. The van der Waals surface area contributed by atoms with Crippen LogP contribution in [0.4, 0.5) is 0 Å². The maximum Gasteiger partial charge on any atom is 0.0594 e. The van der Waals surface area contributed by atoms with Crippen LogP contribution in [0.2, 0.25) is 0 Å². The standard InChI is InChI=1S/C19H37NO/c1-19(2,3)17-11-9-16(10-12-17)15-20-13-14-21-18-7-5-4-6-8-18/h16-18,20H,4-15H2,1-3H3. The van der Waals surface area contributed by atoms with Crippen molar-refractivity contribution in [2.75, 3.05) is 19.7 Å². The van der Waals surface area contributed by atoms with E-state index in [2.05, 4.69) is 26.1 Å². The molecule has 2 saturated carbocycles. The van der Waals surface area contributed by atoms with Gasteiger partial charge in [-0.15, -0.1) is 0 Å². The SMILES string of the molecule is CC(C)(C)C1CCC(CNCCOC2CCCCC2)CC1. The summed E-state index contributed by atoms with van der Waals surface area (Å²) in [7, 11) is 0. The van der Waals surface area contributed by atoms with E-state index < -0.39 is 0 Å². The topological polar surface area (TPSA) is 21.3 Å². The van der Waals surface area contributed by atoms with Crippen LogP contribution < -0.4 is 5.32 Å². The normalized spacial score (nSPS) is 28.7. The zero-order valence-corrected chi connectivity index (χ0v) is 14.6. The molecule has 2 nitrogen and oxygen atoms in total. The highest BCUT2D eigenvalue weighted by Crippen LogP contribution is 2.39. The summed E-state index contributed by atoms with van der Waals surface area (Å²) in [5.41, 5.74) is 0.506. The molecule has 0 bridgehead atoms. The minimum absolute atomic E-state index is 0.506. The Balaban J connectivity index is 1.48. The second kappa shape index (κ2) is 8.53. The van der Waals surface area contributed by atoms with Crippen molar-refractivity contribution in [2.24, 2.45) is 17.3 Å². The fourth-order valence-corrected chi connectivity index (χ4v) is 4.07. The van der Waals surface area contributed by atoms with Gasteiger partial charge in [-0.1, -0.05) is 40.0 Å². The molecule has 0 aromatic heterocycles. The van der Waals surface area contributed by atoms with Crippen molar-refractivity contribution >= 4 is 0 Å². The fourth-order valence-electron chi connectivity index (χ4n) is 4.07. The van der Waals surface area contributed by atoms with Crippen molar-refractivity contribution in [3.05, 3.63) is 0 Å². The minimum atomic E-state index is 0.506. The van der Waals surface area contributed by atoms with Crippen LogP contribution in [0.15, 0.2) is 0 Å². The molecule has 2 rings (SSSR count). The summed E-state index contributed by atoms with van der Waals surface area (Å²) in [6.07, 6.45) is 13.0. The van der Waals surface area contributed by atoms with Crippen LogP contribution in [-0.4, -0.2) is 25.8 Å². The van der Waals surface area contributed by atoms with Crippen LogP contribution in [0.5, 0.6) is 0 Å². The van der Waals surface area contributed by atoms with Gasteiger partial charge in [0.2, 0.25) is 0 Å². The highest BCUT2D eigenvalue weighted by Gasteiger charge is 2.29. The summed E-state index contributed by atoms with van der Waals surface area (Å²) < 4.78 is 5.97. The van der Waals surface area contributed by atoms with Gasteiger partial charge in [0.05, 0.1) is 12.7 Å². The van der Waals surface area contributed by atoms with Gasteiger partial charge < -0.3 is 10.1 Å². The van der Waals surface area contributed by atoms with Gasteiger partial charge in [-0.3, -0.25) is 0 Å². The van der Waals surface area contributed by atoms with Gasteiger partial charge in [-0.25, -0.2) is 0 Å². The molecular formula is C19H37NO. The van der Waals surface area contributed by atoms with E-state index in [9.17, 15) is 0 Å². The third-order valence-electron chi connectivity index (χ3n) is 5.69. The summed E-state index contributed by atoms with van der Waals surface area (Å²) in [5, 5.41) is 3.62. The number of rotatable bonds is 6. The van der Waals surface area contributed by atoms with Crippen LogP contribution in [0.3, 0.4) is 0 Å². The zero-order valence-electron chi connectivity index (χ0n) is 14.6. The molecule has 2 fully saturated rings. The third-order valence-corrected chi connectivity index (χ3v) is 5.69. The van der Waals surface area contributed by atoms with Crippen molar-refractivity contribution in [3.8, 4) is 0 Å². The predicted molar refractivity (Wildman–Crippen MR) is 90.6 cm³/mol. The molecule has 0 saturated heterocycles. The second-order valence-corrected chi connectivity index (χ2v) is 8.42. The maximum atomic E-state index is 5.97. The lowest BCUT2D eigenvalue weighted by molar-refractivity contribution is 0.0297. The molecule has 0 aromatic rings. The summed E-state index contributed by atoms with van der Waals surface area (Å²) >= 11 is 0. The third kappa shape index (κ3) is 6.28. The first kappa shape index (κ1) is 17.3. The fraction of sp³-hybridized carbons (Fsp3) is 1.00. The van der Waals surface area contributed by atoms with Gasteiger partial charge in [0.1, 0.15) is 0 Å². The lowest BCUT2D eigenvalue weighted by Gasteiger charge is -2.37. The Morgan fingerprint density at radius 3 is 2.19 bits per heavy atom. The smallest absolute Gasteiger partial charge is 0.0594 e. The van der Waals surface area contributed by atoms with E-state index in [1.54, 1.807) is 0 Å². The highest BCUT2D eigenvalue weighted by molar-refractivity contribution is 4.81. The van der Waals surface area contributed by atoms with E-state index in [4.69, 9.17) is 4.74 Å². The van der Waals surface area contributed by atoms with E-state index in [1.807, 2.05) is 0 Å². The van der Waals surface area contributed by atoms with Crippen molar-refractivity contribution in [3.63, 3.8) is 0 Å². The summed E-state index contributed by atoms with van der Waals surface area (Å²) in [5.74, 6) is 1.83. The Bertz CT molecular complexity index is 270. The number of nitrogens with one attached hydrogen (secondary N) is 1. The van der Waals surface area contributed by atoms with Gasteiger partial charge in [-0.05, 0) is 62.3 Å². The van der Waals surface area contributed by atoms with Crippen LogP contribution >= 0.6 is 0 Å². The lowest BCUT2D eigenvalue weighted by Crippen LogP contribution is -2.32. The molecule has 0 radical (unpaired) electrons. The molecule has 0 heterocycles. The monoisotopic (exact) mass is 295 g/mol. The Morgan fingerprint density at radius 2 is 1.57 bits per heavy atom. The number of hydrogen-bond donors (Lipinski definition) is 1. The van der Waals surface area contributed by atoms with Crippen LogP contribution in [0.1, 0.15) is 78.6 Å². The molecule has 1 N–H and O–H groups in total. The molecule has 2 aliphatic carbocycles. The zero-order chi connectivity index (χ0) is 15.1. The first-order valence-electron chi connectivity index (χ1n) is 9.38.